The molecular formula is C34H36Cl2N2+2. The Kier molecular flexibility index (Phi) is 8.79. The molecule has 0 atom stereocenters. The third-order valence-electron chi connectivity index (χ3n) is 8.14. The molecule has 0 radical (unpaired) electrons. The van der Waals surface area contributed by atoms with Gasteiger partial charge in [-0.25, -0.2) is 0 Å². The molecule has 0 unspecified atom stereocenters. The standard InChI is InChI=1S/C34H36Cl2N2/c35-33-15-3-1-13-31(33)27-37(21-5-6-22-37)25-9-11-29-17-19-30(20-18-29)12-10-26-38(23-7-8-24-38)28-32-14-2-4-16-34(32)36/h1-4,13-20H,5-8,21-28H2/q+2. The van der Waals surface area contributed by atoms with Crippen LogP contribution in [0.25, 0.3) is 0 Å². The summed E-state index contributed by atoms with van der Waals surface area (Å²) in [4.78, 5) is 0. The number of quaternary nitrogens is 2. The Morgan fingerprint density at radius 2 is 0.895 bits per heavy atom. The second-order valence-corrected chi connectivity index (χ2v) is 11.8. The van der Waals surface area contributed by atoms with Gasteiger partial charge in [-0.2, -0.15) is 0 Å². The van der Waals surface area contributed by atoms with E-state index < -0.39 is 0 Å². The second kappa shape index (κ2) is 12.4. The first-order chi connectivity index (χ1) is 18.5. The quantitative estimate of drug-likeness (QED) is 0.226. The molecule has 5 rings (SSSR count). The summed E-state index contributed by atoms with van der Waals surface area (Å²) in [6, 6.07) is 24.8. The van der Waals surface area contributed by atoms with Crippen LogP contribution in [0, 0.1) is 23.7 Å². The Labute approximate surface area is 238 Å². The highest BCUT2D eigenvalue weighted by Crippen LogP contribution is 2.27. The zero-order valence-electron chi connectivity index (χ0n) is 22.1. The van der Waals surface area contributed by atoms with Gasteiger partial charge in [-0.05, 0) is 48.2 Å². The van der Waals surface area contributed by atoms with Crippen molar-refractivity contribution in [2.75, 3.05) is 39.3 Å². The highest BCUT2D eigenvalue weighted by Gasteiger charge is 2.32. The third kappa shape index (κ3) is 6.83. The second-order valence-electron chi connectivity index (χ2n) is 11.0. The summed E-state index contributed by atoms with van der Waals surface area (Å²) in [5.74, 6) is 13.8. The maximum atomic E-state index is 6.47. The average Bonchev–Trinajstić information content (AvgIpc) is 3.58. The van der Waals surface area contributed by atoms with E-state index in [0.717, 1.165) is 56.3 Å². The van der Waals surface area contributed by atoms with Crippen LogP contribution >= 0.6 is 23.2 Å². The van der Waals surface area contributed by atoms with Crippen molar-refractivity contribution in [3.8, 4) is 23.7 Å². The van der Waals surface area contributed by atoms with Crippen LogP contribution in [-0.4, -0.2) is 48.2 Å². The lowest BCUT2D eigenvalue weighted by atomic mass is 10.1. The molecule has 194 valence electrons. The van der Waals surface area contributed by atoms with Gasteiger partial charge in [0.15, 0.2) is 0 Å². The van der Waals surface area contributed by atoms with Crippen LogP contribution in [0.5, 0.6) is 0 Å². The maximum absolute atomic E-state index is 6.47. The van der Waals surface area contributed by atoms with Crippen molar-refractivity contribution in [3.63, 3.8) is 0 Å². The molecule has 2 nitrogen and oxygen atoms in total. The lowest BCUT2D eigenvalue weighted by Crippen LogP contribution is -2.44. The minimum absolute atomic E-state index is 0.859. The van der Waals surface area contributed by atoms with Gasteiger partial charge >= 0.3 is 0 Å². The van der Waals surface area contributed by atoms with Gasteiger partial charge in [0.1, 0.15) is 26.2 Å². The van der Waals surface area contributed by atoms with Crippen molar-refractivity contribution < 1.29 is 8.97 Å². The van der Waals surface area contributed by atoms with E-state index in [9.17, 15) is 0 Å². The first kappa shape index (κ1) is 26.9. The van der Waals surface area contributed by atoms with Gasteiger partial charge in [0.05, 0.1) is 26.2 Å². The van der Waals surface area contributed by atoms with Crippen molar-refractivity contribution >= 4 is 23.2 Å². The van der Waals surface area contributed by atoms with Crippen LogP contribution in [0.1, 0.15) is 47.9 Å². The van der Waals surface area contributed by atoms with E-state index in [0.29, 0.717) is 0 Å². The van der Waals surface area contributed by atoms with Gasteiger partial charge in [0.2, 0.25) is 0 Å². The fourth-order valence-electron chi connectivity index (χ4n) is 5.99. The van der Waals surface area contributed by atoms with Gasteiger partial charge < -0.3 is 8.97 Å². The third-order valence-corrected chi connectivity index (χ3v) is 8.87. The Morgan fingerprint density at radius 3 is 1.26 bits per heavy atom. The number of rotatable bonds is 6. The van der Waals surface area contributed by atoms with Crippen molar-refractivity contribution in [2.24, 2.45) is 0 Å². The van der Waals surface area contributed by atoms with Crippen molar-refractivity contribution in [2.45, 2.75) is 38.8 Å². The summed E-state index contributed by atoms with van der Waals surface area (Å²) in [6.07, 6.45) is 5.05. The molecule has 0 aliphatic carbocycles. The number of benzene rings is 3. The Balaban J connectivity index is 1.21. The SMILES string of the molecule is Clc1ccccc1C[N+]1(CC#Cc2ccc(C#CC[N+]3(Cc4ccccc4Cl)CCCC3)cc2)CCCC1. The van der Waals surface area contributed by atoms with Gasteiger partial charge in [-0.1, -0.05) is 71.4 Å². The van der Waals surface area contributed by atoms with Crippen LogP contribution < -0.4 is 0 Å². The fraction of sp³-hybridized carbons (Fsp3) is 0.353. The summed E-state index contributed by atoms with van der Waals surface area (Å²) < 4.78 is 2.02. The number of likely N-dealkylation sites (tertiary alicyclic amines) is 2. The number of hydrogen-bond acceptors (Lipinski definition) is 0. The van der Waals surface area contributed by atoms with Gasteiger partial charge in [0.25, 0.3) is 0 Å². The molecule has 3 aromatic rings. The molecule has 0 amide bonds. The van der Waals surface area contributed by atoms with Gasteiger partial charge in [0, 0.05) is 58.0 Å². The summed E-state index contributed by atoms with van der Waals surface area (Å²) in [6.45, 7) is 8.32. The van der Waals surface area contributed by atoms with Crippen LogP contribution in [0.2, 0.25) is 10.0 Å². The predicted octanol–water partition coefficient (Wildman–Crippen LogP) is 7.32. The fourth-order valence-corrected chi connectivity index (χ4v) is 6.38. The average molecular weight is 544 g/mol. The van der Waals surface area contributed by atoms with E-state index in [4.69, 9.17) is 23.2 Å². The van der Waals surface area contributed by atoms with E-state index in [1.54, 1.807) is 0 Å². The zero-order chi connectivity index (χ0) is 26.3. The van der Waals surface area contributed by atoms with Crippen LogP contribution in [0.15, 0.2) is 72.8 Å². The number of nitrogens with zero attached hydrogens (tertiary/aromatic N) is 2. The summed E-state index contributed by atoms with van der Waals surface area (Å²) in [5.41, 5.74) is 4.55. The summed E-state index contributed by atoms with van der Waals surface area (Å²) in [7, 11) is 0. The van der Waals surface area contributed by atoms with Crippen LogP contribution in [-0.2, 0) is 13.1 Å². The molecule has 38 heavy (non-hydrogen) atoms. The zero-order valence-corrected chi connectivity index (χ0v) is 23.6. The topological polar surface area (TPSA) is 0 Å². The summed E-state index contributed by atoms with van der Waals surface area (Å²) in [5, 5.41) is 1.73. The predicted molar refractivity (Wildman–Crippen MR) is 159 cm³/mol. The normalized spacial score (nSPS) is 17.3. The molecule has 3 aromatic carbocycles. The van der Waals surface area contributed by atoms with Gasteiger partial charge in [-0.3, -0.25) is 0 Å². The number of hydrogen-bond donors (Lipinski definition) is 0. The van der Waals surface area contributed by atoms with E-state index in [1.165, 1.54) is 63.0 Å². The van der Waals surface area contributed by atoms with E-state index >= 15 is 0 Å². The van der Waals surface area contributed by atoms with Crippen molar-refractivity contribution in [3.05, 3.63) is 105 Å². The van der Waals surface area contributed by atoms with E-state index in [-0.39, 0.29) is 0 Å². The largest absolute Gasteiger partial charge is 0.310 e. The molecule has 4 heteroatoms. The molecule has 0 bridgehead atoms. The monoisotopic (exact) mass is 542 g/mol. The minimum atomic E-state index is 0.859. The molecule has 2 heterocycles. The molecule has 2 fully saturated rings. The molecule has 2 aliphatic rings. The lowest BCUT2D eigenvalue weighted by molar-refractivity contribution is -0.923. The molecule has 0 saturated carbocycles. The summed E-state index contributed by atoms with van der Waals surface area (Å²) >= 11 is 12.9. The molecule has 0 N–H and O–H groups in total. The maximum Gasteiger partial charge on any atom is 0.141 e. The Hall–Kier alpha value is -2.72. The van der Waals surface area contributed by atoms with Crippen molar-refractivity contribution in [1.82, 2.24) is 0 Å². The molecule has 2 saturated heterocycles. The van der Waals surface area contributed by atoms with Crippen LogP contribution in [0.3, 0.4) is 0 Å². The minimum Gasteiger partial charge on any atom is -0.310 e. The Morgan fingerprint density at radius 1 is 0.526 bits per heavy atom. The Bertz CT molecular complexity index is 1250. The van der Waals surface area contributed by atoms with E-state index in [2.05, 4.69) is 72.2 Å². The van der Waals surface area contributed by atoms with Gasteiger partial charge in [-0.15, -0.1) is 0 Å². The van der Waals surface area contributed by atoms with Crippen LogP contribution in [0.4, 0.5) is 0 Å². The smallest absolute Gasteiger partial charge is 0.141 e. The molecular weight excluding hydrogens is 507 g/mol. The first-order valence-corrected chi connectivity index (χ1v) is 14.6. The highest BCUT2D eigenvalue weighted by molar-refractivity contribution is 6.31. The van der Waals surface area contributed by atoms with E-state index in [1.807, 2.05) is 24.3 Å². The molecule has 0 spiro atoms. The number of halogens is 2. The van der Waals surface area contributed by atoms with Crippen molar-refractivity contribution in [1.29, 1.82) is 0 Å². The highest BCUT2D eigenvalue weighted by atomic mass is 35.5. The first-order valence-electron chi connectivity index (χ1n) is 13.8. The lowest BCUT2D eigenvalue weighted by Gasteiger charge is -2.32. The molecule has 2 aliphatic heterocycles. The molecule has 0 aromatic heterocycles.